The summed E-state index contributed by atoms with van der Waals surface area (Å²) in [5, 5.41) is 9.39. The number of hydrogen-bond donors (Lipinski definition) is 1. The molecule has 2 aliphatic carbocycles. The summed E-state index contributed by atoms with van der Waals surface area (Å²) < 4.78 is 5.28. The first-order chi connectivity index (χ1) is 9.20. The Labute approximate surface area is 113 Å². The summed E-state index contributed by atoms with van der Waals surface area (Å²) in [4.78, 5) is 11.4. The van der Waals surface area contributed by atoms with Crippen molar-refractivity contribution < 1.29 is 14.6 Å². The molecule has 0 aromatic heterocycles. The first-order valence-corrected chi connectivity index (χ1v) is 7.10. The van der Waals surface area contributed by atoms with E-state index in [-0.39, 0.29) is 5.92 Å². The van der Waals surface area contributed by atoms with Gasteiger partial charge in [-0.15, -0.1) is 0 Å². The lowest BCUT2D eigenvalue weighted by molar-refractivity contribution is -0.145. The van der Waals surface area contributed by atoms with E-state index in [0.29, 0.717) is 11.8 Å². The third-order valence-electron chi connectivity index (χ3n) is 4.88. The summed E-state index contributed by atoms with van der Waals surface area (Å²) in [6.45, 7) is 0. The molecule has 1 saturated carbocycles. The topological polar surface area (TPSA) is 46.5 Å². The molecular formula is C16H20O3. The summed E-state index contributed by atoms with van der Waals surface area (Å²) >= 11 is 0. The molecule has 3 atom stereocenters. The molecule has 3 nitrogen and oxygen atoms in total. The monoisotopic (exact) mass is 260 g/mol. The molecule has 0 heterocycles. The van der Waals surface area contributed by atoms with Gasteiger partial charge in [0.2, 0.25) is 0 Å². The quantitative estimate of drug-likeness (QED) is 0.888. The van der Waals surface area contributed by atoms with Crippen LogP contribution in [-0.2, 0) is 11.2 Å². The highest BCUT2D eigenvalue weighted by Gasteiger charge is 2.40. The Morgan fingerprint density at radius 1 is 1.32 bits per heavy atom. The maximum absolute atomic E-state index is 11.4. The largest absolute Gasteiger partial charge is 0.497 e. The summed E-state index contributed by atoms with van der Waals surface area (Å²) in [5.41, 5.74) is 2.72. The Hall–Kier alpha value is -1.51. The van der Waals surface area contributed by atoms with Gasteiger partial charge in [-0.05, 0) is 60.8 Å². The molecule has 102 valence electrons. The molecule has 1 N–H and O–H groups in total. The van der Waals surface area contributed by atoms with Gasteiger partial charge in [-0.3, -0.25) is 4.79 Å². The van der Waals surface area contributed by atoms with E-state index >= 15 is 0 Å². The van der Waals surface area contributed by atoms with Crippen molar-refractivity contribution in [2.75, 3.05) is 7.11 Å². The van der Waals surface area contributed by atoms with Crippen LogP contribution in [0.1, 0.15) is 42.7 Å². The van der Waals surface area contributed by atoms with Gasteiger partial charge in [0, 0.05) is 0 Å². The molecule has 0 spiro atoms. The molecule has 0 bridgehead atoms. The van der Waals surface area contributed by atoms with Gasteiger partial charge in [0.25, 0.3) is 0 Å². The smallest absolute Gasteiger partial charge is 0.306 e. The van der Waals surface area contributed by atoms with E-state index in [4.69, 9.17) is 4.74 Å². The van der Waals surface area contributed by atoms with E-state index in [2.05, 4.69) is 12.1 Å². The first kappa shape index (κ1) is 12.5. The van der Waals surface area contributed by atoms with Crippen molar-refractivity contribution >= 4 is 5.97 Å². The van der Waals surface area contributed by atoms with Crippen LogP contribution in [0.15, 0.2) is 18.2 Å². The Kier molecular flexibility index (Phi) is 3.21. The van der Waals surface area contributed by atoms with E-state index in [1.54, 1.807) is 7.11 Å². The standard InChI is InChI=1S/C16H20O3/c1-19-11-6-8-12-10(9-11)5-7-14-13(12)3-2-4-15(14)16(17)18/h6,8-9,13-15H,2-5,7H2,1H3,(H,17,18). The first-order valence-electron chi connectivity index (χ1n) is 7.10. The van der Waals surface area contributed by atoms with Gasteiger partial charge >= 0.3 is 5.97 Å². The normalized spacial score (nSPS) is 29.2. The molecule has 19 heavy (non-hydrogen) atoms. The van der Waals surface area contributed by atoms with Gasteiger partial charge in [0.15, 0.2) is 0 Å². The summed E-state index contributed by atoms with van der Waals surface area (Å²) in [7, 11) is 1.69. The van der Waals surface area contributed by atoms with Crippen molar-refractivity contribution in [3.63, 3.8) is 0 Å². The second-order valence-electron chi connectivity index (χ2n) is 5.75. The van der Waals surface area contributed by atoms with Crippen molar-refractivity contribution in [2.45, 2.75) is 38.0 Å². The van der Waals surface area contributed by atoms with Crippen LogP contribution >= 0.6 is 0 Å². The van der Waals surface area contributed by atoms with Gasteiger partial charge in [-0.25, -0.2) is 0 Å². The molecule has 1 aromatic rings. The summed E-state index contributed by atoms with van der Waals surface area (Å²) in [6, 6.07) is 6.27. The summed E-state index contributed by atoms with van der Waals surface area (Å²) in [6.07, 6.45) is 5.00. The van der Waals surface area contributed by atoms with Crippen molar-refractivity contribution in [2.24, 2.45) is 11.8 Å². The van der Waals surface area contributed by atoms with Gasteiger partial charge in [0.05, 0.1) is 13.0 Å². The van der Waals surface area contributed by atoms with Crippen molar-refractivity contribution in [3.05, 3.63) is 29.3 Å². The van der Waals surface area contributed by atoms with Crippen LogP contribution in [0, 0.1) is 11.8 Å². The zero-order valence-electron chi connectivity index (χ0n) is 11.3. The zero-order valence-corrected chi connectivity index (χ0v) is 11.3. The van der Waals surface area contributed by atoms with E-state index in [0.717, 1.165) is 37.9 Å². The van der Waals surface area contributed by atoms with Crippen molar-refractivity contribution in [1.29, 1.82) is 0 Å². The molecule has 3 unspecified atom stereocenters. The predicted octanol–water partition coefficient (Wildman–Crippen LogP) is 3.23. The van der Waals surface area contributed by atoms with E-state index < -0.39 is 5.97 Å². The van der Waals surface area contributed by atoms with Crippen LogP contribution in [0.5, 0.6) is 5.75 Å². The average molecular weight is 260 g/mol. The van der Waals surface area contributed by atoms with Gasteiger partial charge in [-0.2, -0.15) is 0 Å². The molecule has 3 heteroatoms. The number of hydrogen-bond acceptors (Lipinski definition) is 2. The molecule has 0 saturated heterocycles. The lowest BCUT2D eigenvalue weighted by Crippen LogP contribution is -2.35. The minimum atomic E-state index is -0.605. The van der Waals surface area contributed by atoms with Gasteiger partial charge in [-0.1, -0.05) is 12.5 Å². The highest BCUT2D eigenvalue weighted by molar-refractivity contribution is 5.71. The minimum absolute atomic E-state index is 0.144. The van der Waals surface area contributed by atoms with Crippen LogP contribution in [0.4, 0.5) is 0 Å². The maximum atomic E-state index is 11.4. The molecular weight excluding hydrogens is 240 g/mol. The third-order valence-corrected chi connectivity index (χ3v) is 4.88. The van der Waals surface area contributed by atoms with E-state index in [1.807, 2.05) is 6.07 Å². The van der Waals surface area contributed by atoms with Crippen LogP contribution in [0.25, 0.3) is 0 Å². The van der Waals surface area contributed by atoms with Crippen LogP contribution in [0.3, 0.4) is 0 Å². The van der Waals surface area contributed by atoms with Crippen LogP contribution in [0.2, 0.25) is 0 Å². The lowest BCUT2D eigenvalue weighted by Gasteiger charge is -2.40. The second kappa shape index (κ2) is 4.87. The fraction of sp³-hybridized carbons (Fsp3) is 0.562. The number of aryl methyl sites for hydroxylation is 1. The SMILES string of the molecule is COc1ccc2c(c1)CCC1C(C(=O)O)CCCC21. The molecule has 3 rings (SSSR count). The summed E-state index contributed by atoms with van der Waals surface area (Å²) in [5.74, 6) is 0.917. The molecule has 2 aliphatic rings. The van der Waals surface area contributed by atoms with E-state index in [1.165, 1.54) is 11.1 Å². The Morgan fingerprint density at radius 2 is 2.16 bits per heavy atom. The number of fused-ring (bicyclic) bond motifs is 3. The maximum Gasteiger partial charge on any atom is 0.306 e. The molecule has 0 radical (unpaired) electrons. The fourth-order valence-electron chi connectivity index (χ4n) is 3.97. The third kappa shape index (κ3) is 2.11. The number of rotatable bonds is 2. The number of methoxy groups -OCH3 is 1. The highest BCUT2D eigenvalue weighted by atomic mass is 16.5. The number of carboxylic acid groups (broad SMARTS) is 1. The van der Waals surface area contributed by atoms with Crippen molar-refractivity contribution in [3.8, 4) is 5.75 Å². The minimum Gasteiger partial charge on any atom is -0.497 e. The zero-order chi connectivity index (χ0) is 13.4. The molecule has 0 aliphatic heterocycles. The van der Waals surface area contributed by atoms with Gasteiger partial charge in [0.1, 0.15) is 5.75 Å². The van der Waals surface area contributed by atoms with Crippen molar-refractivity contribution in [1.82, 2.24) is 0 Å². The second-order valence-corrected chi connectivity index (χ2v) is 5.75. The molecule has 1 fully saturated rings. The average Bonchev–Trinajstić information content (AvgIpc) is 2.45. The highest BCUT2D eigenvalue weighted by Crippen LogP contribution is 2.48. The number of carboxylic acids is 1. The van der Waals surface area contributed by atoms with E-state index in [9.17, 15) is 9.90 Å². The lowest BCUT2D eigenvalue weighted by atomic mass is 9.63. The Bertz CT molecular complexity index is 495. The molecule has 0 amide bonds. The number of benzene rings is 1. The Morgan fingerprint density at radius 3 is 2.89 bits per heavy atom. The molecule has 1 aromatic carbocycles. The fourth-order valence-corrected chi connectivity index (χ4v) is 3.97. The predicted molar refractivity (Wildman–Crippen MR) is 72.5 cm³/mol. The number of carbonyl (C=O) groups is 1. The van der Waals surface area contributed by atoms with Crippen LogP contribution < -0.4 is 4.74 Å². The van der Waals surface area contributed by atoms with Crippen LogP contribution in [-0.4, -0.2) is 18.2 Å². The number of ether oxygens (including phenoxy) is 1. The Balaban J connectivity index is 1.94. The van der Waals surface area contributed by atoms with Gasteiger partial charge < -0.3 is 9.84 Å². The number of aliphatic carboxylic acids is 1.